The third-order valence-corrected chi connectivity index (χ3v) is 6.43. The first kappa shape index (κ1) is 15.9. The molecule has 0 aromatic carbocycles. The van der Waals surface area contributed by atoms with Crippen LogP contribution in [0.1, 0.15) is 44.3 Å². The van der Waals surface area contributed by atoms with Gasteiger partial charge in [-0.05, 0) is 19.3 Å². The Kier molecular flexibility index (Phi) is 4.03. The highest BCUT2D eigenvalue weighted by Gasteiger charge is 2.70. The van der Waals surface area contributed by atoms with Crippen LogP contribution < -0.4 is 11.1 Å². The maximum Gasteiger partial charge on any atom is 0.241 e. The normalized spacial score (nSPS) is 32.9. The molecule has 1 aliphatic carbocycles. The van der Waals surface area contributed by atoms with Gasteiger partial charge in [-0.2, -0.15) is 0 Å². The fraction of sp³-hybridized carbons (Fsp3) is 0.750. The van der Waals surface area contributed by atoms with Crippen LogP contribution in [0.3, 0.4) is 0 Å². The molecule has 3 N–H and O–H groups in total. The second-order valence-corrected chi connectivity index (χ2v) is 7.84. The molecule has 122 valence electrons. The summed E-state index contributed by atoms with van der Waals surface area (Å²) in [5, 5.41) is 6.09. The van der Waals surface area contributed by atoms with Crippen LogP contribution in [0.4, 0.5) is 0 Å². The van der Waals surface area contributed by atoms with Crippen molar-refractivity contribution in [3.05, 3.63) is 16.1 Å². The third-order valence-electron chi connectivity index (χ3n) is 5.39. The van der Waals surface area contributed by atoms with E-state index in [1.54, 1.807) is 11.3 Å². The highest BCUT2D eigenvalue weighted by Crippen LogP contribution is 2.57. The zero-order valence-corrected chi connectivity index (χ0v) is 14.3. The molecular weight excluding hydrogens is 298 g/mol. The van der Waals surface area contributed by atoms with Crippen molar-refractivity contribution in [2.75, 3.05) is 6.61 Å². The zero-order valence-electron chi connectivity index (χ0n) is 13.5. The predicted molar refractivity (Wildman–Crippen MR) is 86.5 cm³/mol. The summed E-state index contributed by atoms with van der Waals surface area (Å²) in [5.74, 6) is 0.0492. The SMILES string of the molecule is CCc1nc(CNC(=O)C2(N)C3CCCOC3C2(C)C)cs1. The summed E-state index contributed by atoms with van der Waals surface area (Å²) >= 11 is 1.63. The van der Waals surface area contributed by atoms with Crippen LogP contribution in [0.2, 0.25) is 0 Å². The van der Waals surface area contributed by atoms with E-state index in [1.807, 2.05) is 19.2 Å². The molecule has 2 heterocycles. The number of carbonyl (C=O) groups excluding carboxylic acids is 1. The number of amides is 1. The molecular formula is C16H25N3O2S. The lowest BCUT2D eigenvalue weighted by atomic mass is 9.46. The number of thiazole rings is 1. The van der Waals surface area contributed by atoms with E-state index in [0.29, 0.717) is 6.54 Å². The van der Waals surface area contributed by atoms with Crippen molar-refractivity contribution in [1.29, 1.82) is 0 Å². The molecule has 0 radical (unpaired) electrons. The summed E-state index contributed by atoms with van der Waals surface area (Å²) < 4.78 is 5.85. The van der Waals surface area contributed by atoms with Crippen LogP contribution >= 0.6 is 11.3 Å². The summed E-state index contributed by atoms with van der Waals surface area (Å²) in [6, 6.07) is 0. The number of fused-ring (bicyclic) bond motifs is 1. The van der Waals surface area contributed by atoms with Gasteiger partial charge in [0, 0.05) is 23.3 Å². The van der Waals surface area contributed by atoms with E-state index < -0.39 is 5.54 Å². The summed E-state index contributed by atoms with van der Waals surface area (Å²) in [6.07, 6.45) is 2.97. The number of aromatic nitrogens is 1. The minimum atomic E-state index is -0.846. The molecule has 3 unspecified atom stereocenters. The molecule has 22 heavy (non-hydrogen) atoms. The molecule has 2 aliphatic rings. The van der Waals surface area contributed by atoms with E-state index >= 15 is 0 Å². The third kappa shape index (κ3) is 2.20. The van der Waals surface area contributed by atoms with E-state index in [1.165, 1.54) is 0 Å². The van der Waals surface area contributed by atoms with Crippen molar-refractivity contribution in [1.82, 2.24) is 10.3 Å². The van der Waals surface area contributed by atoms with Crippen molar-refractivity contribution in [2.45, 2.75) is 58.2 Å². The Morgan fingerprint density at radius 3 is 3.05 bits per heavy atom. The van der Waals surface area contributed by atoms with Crippen LogP contribution in [0.25, 0.3) is 0 Å². The van der Waals surface area contributed by atoms with E-state index in [2.05, 4.69) is 17.2 Å². The molecule has 0 bridgehead atoms. The molecule has 0 spiro atoms. The van der Waals surface area contributed by atoms with Crippen LogP contribution in [0, 0.1) is 11.3 Å². The van der Waals surface area contributed by atoms with Crippen molar-refractivity contribution >= 4 is 17.2 Å². The molecule has 1 saturated heterocycles. The Hall–Kier alpha value is -0.980. The first-order valence-electron chi connectivity index (χ1n) is 8.03. The topological polar surface area (TPSA) is 77.2 Å². The lowest BCUT2D eigenvalue weighted by Gasteiger charge is -2.65. The van der Waals surface area contributed by atoms with Crippen molar-refractivity contribution in [2.24, 2.45) is 17.1 Å². The lowest BCUT2D eigenvalue weighted by molar-refractivity contribution is -0.225. The second kappa shape index (κ2) is 5.58. The molecule has 1 saturated carbocycles. The molecule has 6 heteroatoms. The van der Waals surface area contributed by atoms with Gasteiger partial charge in [-0.1, -0.05) is 20.8 Å². The number of aryl methyl sites for hydroxylation is 1. The standard InChI is InChI=1S/C16H25N3O2S/c1-4-12-19-10(9-22-12)8-18-14(20)16(17)11-6-5-7-21-13(11)15(16,2)3/h9,11,13H,4-8,17H2,1-3H3,(H,18,20). The van der Waals surface area contributed by atoms with Crippen LogP contribution in [-0.4, -0.2) is 29.1 Å². The summed E-state index contributed by atoms with van der Waals surface area (Å²) in [6.45, 7) is 7.38. The number of hydrogen-bond donors (Lipinski definition) is 2. The van der Waals surface area contributed by atoms with Crippen LogP contribution in [0.5, 0.6) is 0 Å². The van der Waals surface area contributed by atoms with Gasteiger partial charge in [0.1, 0.15) is 5.54 Å². The van der Waals surface area contributed by atoms with Crippen LogP contribution in [0.15, 0.2) is 5.38 Å². The highest BCUT2D eigenvalue weighted by atomic mass is 32.1. The summed E-state index contributed by atoms with van der Waals surface area (Å²) in [5.41, 5.74) is 6.29. The Balaban J connectivity index is 1.68. The Morgan fingerprint density at radius 1 is 1.59 bits per heavy atom. The lowest BCUT2D eigenvalue weighted by Crippen LogP contribution is -2.82. The molecule has 3 atom stereocenters. The maximum absolute atomic E-state index is 12.8. The van der Waals surface area contributed by atoms with E-state index in [-0.39, 0.29) is 23.3 Å². The van der Waals surface area contributed by atoms with Gasteiger partial charge < -0.3 is 15.8 Å². The number of nitrogens with zero attached hydrogens (tertiary/aromatic N) is 1. The molecule has 2 fully saturated rings. The molecule has 1 aromatic heterocycles. The largest absolute Gasteiger partial charge is 0.377 e. The minimum Gasteiger partial charge on any atom is -0.377 e. The molecule has 1 amide bonds. The zero-order chi connectivity index (χ0) is 16.0. The van der Waals surface area contributed by atoms with Gasteiger partial charge in [-0.25, -0.2) is 4.98 Å². The van der Waals surface area contributed by atoms with Crippen molar-refractivity contribution in [3.8, 4) is 0 Å². The Labute approximate surface area is 135 Å². The molecule has 1 aromatic rings. The van der Waals surface area contributed by atoms with Gasteiger partial charge in [0.2, 0.25) is 5.91 Å². The number of ether oxygens (including phenoxy) is 1. The molecule has 1 aliphatic heterocycles. The Bertz CT molecular complexity index is 571. The van der Waals surface area contributed by atoms with E-state index in [0.717, 1.165) is 36.6 Å². The number of rotatable bonds is 4. The average molecular weight is 323 g/mol. The second-order valence-electron chi connectivity index (χ2n) is 6.90. The number of carbonyl (C=O) groups is 1. The van der Waals surface area contributed by atoms with Gasteiger partial charge in [-0.3, -0.25) is 4.79 Å². The fourth-order valence-corrected chi connectivity index (χ4v) is 4.69. The molecule has 3 rings (SSSR count). The maximum atomic E-state index is 12.8. The fourth-order valence-electron chi connectivity index (χ4n) is 3.95. The first-order valence-corrected chi connectivity index (χ1v) is 8.91. The number of nitrogens with one attached hydrogen (secondary N) is 1. The number of hydrogen-bond acceptors (Lipinski definition) is 5. The van der Waals surface area contributed by atoms with Gasteiger partial charge in [0.05, 0.1) is 23.4 Å². The van der Waals surface area contributed by atoms with Gasteiger partial charge in [-0.15, -0.1) is 11.3 Å². The quantitative estimate of drug-likeness (QED) is 0.886. The monoisotopic (exact) mass is 323 g/mol. The van der Waals surface area contributed by atoms with Gasteiger partial charge in [0.25, 0.3) is 0 Å². The predicted octanol–water partition coefficient (Wildman–Crippen LogP) is 1.85. The summed E-state index contributed by atoms with van der Waals surface area (Å²) in [4.78, 5) is 17.2. The van der Waals surface area contributed by atoms with Gasteiger partial charge in [0.15, 0.2) is 0 Å². The highest BCUT2D eigenvalue weighted by molar-refractivity contribution is 7.09. The number of nitrogens with two attached hydrogens (primary N) is 1. The molecule has 5 nitrogen and oxygen atoms in total. The Morgan fingerprint density at radius 2 is 2.36 bits per heavy atom. The van der Waals surface area contributed by atoms with Crippen molar-refractivity contribution in [3.63, 3.8) is 0 Å². The van der Waals surface area contributed by atoms with E-state index in [4.69, 9.17) is 10.5 Å². The first-order chi connectivity index (χ1) is 10.4. The average Bonchev–Trinajstić information content (AvgIpc) is 2.99. The van der Waals surface area contributed by atoms with E-state index in [9.17, 15) is 4.79 Å². The summed E-state index contributed by atoms with van der Waals surface area (Å²) in [7, 11) is 0. The van der Waals surface area contributed by atoms with Crippen molar-refractivity contribution < 1.29 is 9.53 Å². The smallest absolute Gasteiger partial charge is 0.241 e. The van der Waals surface area contributed by atoms with Crippen LogP contribution in [-0.2, 0) is 22.5 Å². The minimum absolute atomic E-state index is 0.0738. The van der Waals surface area contributed by atoms with Gasteiger partial charge >= 0.3 is 0 Å².